The maximum Gasteiger partial charge on any atom is 0.253 e. The molecule has 0 radical (unpaired) electrons. The lowest BCUT2D eigenvalue weighted by molar-refractivity contribution is 0.0762. The van der Waals surface area contributed by atoms with Gasteiger partial charge in [-0.15, -0.1) is 0 Å². The Labute approximate surface area is 111 Å². The fourth-order valence-corrected chi connectivity index (χ4v) is 1.97. The van der Waals surface area contributed by atoms with Crippen molar-refractivity contribution in [2.75, 3.05) is 18.8 Å². The molecule has 0 atom stereocenters. The van der Waals surface area contributed by atoms with Gasteiger partial charge < -0.3 is 10.6 Å². The molecule has 17 heavy (non-hydrogen) atoms. The van der Waals surface area contributed by atoms with Gasteiger partial charge in [-0.3, -0.25) is 4.79 Å². The van der Waals surface area contributed by atoms with Crippen LogP contribution >= 0.6 is 15.9 Å². The number of hydrogen-bond donors (Lipinski definition) is 1. The van der Waals surface area contributed by atoms with Gasteiger partial charge in [-0.2, -0.15) is 0 Å². The van der Waals surface area contributed by atoms with Crippen LogP contribution in [0, 0.1) is 0 Å². The van der Waals surface area contributed by atoms with Crippen molar-refractivity contribution in [2.45, 2.75) is 26.7 Å². The molecule has 94 valence electrons. The third kappa shape index (κ3) is 3.73. The van der Waals surface area contributed by atoms with E-state index in [2.05, 4.69) is 22.9 Å². The van der Waals surface area contributed by atoms with Crippen molar-refractivity contribution >= 4 is 27.5 Å². The minimum atomic E-state index is 0.0710. The quantitative estimate of drug-likeness (QED) is 0.848. The highest BCUT2D eigenvalue weighted by atomic mass is 79.9. The van der Waals surface area contributed by atoms with E-state index in [9.17, 15) is 4.79 Å². The summed E-state index contributed by atoms with van der Waals surface area (Å²) in [7, 11) is 0. The van der Waals surface area contributed by atoms with Crippen LogP contribution in [0.2, 0.25) is 0 Å². The molecule has 0 saturated carbocycles. The standard InChI is InChI=1S/C13H19BrN2O/c1-3-5-8-16(4-2)13(17)10-6-7-12(15)11(14)9-10/h6-7,9H,3-5,8,15H2,1-2H3. The van der Waals surface area contributed by atoms with Crippen molar-refractivity contribution in [3.63, 3.8) is 0 Å². The number of amides is 1. The van der Waals surface area contributed by atoms with Crippen LogP contribution in [0.3, 0.4) is 0 Å². The summed E-state index contributed by atoms with van der Waals surface area (Å²) in [5, 5.41) is 0. The van der Waals surface area contributed by atoms with Crippen LogP contribution in [0.25, 0.3) is 0 Å². The molecule has 0 aromatic heterocycles. The molecule has 2 N–H and O–H groups in total. The van der Waals surface area contributed by atoms with Gasteiger partial charge in [0.05, 0.1) is 0 Å². The SMILES string of the molecule is CCCCN(CC)C(=O)c1ccc(N)c(Br)c1. The lowest BCUT2D eigenvalue weighted by atomic mass is 10.1. The molecule has 0 aliphatic rings. The molecule has 1 aromatic carbocycles. The molecule has 0 aliphatic carbocycles. The average Bonchev–Trinajstić information content (AvgIpc) is 2.33. The summed E-state index contributed by atoms with van der Waals surface area (Å²) < 4.78 is 0.773. The summed E-state index contributed by atoms with van der Waals surface area (Å²) in [6, 6.07) is 5.31. The second kappa shape index (κ2) is 6.64. The van der Waals surface area contributed by atoms with E-state index in [0.29, 0.717) is 11.3 Å². The van der Waals surface area contributed by atoms with Crippen LogP contribution < -0.4 is 5.73 Å². The summed E-state index contributed by atoms with van der Waals surface area (Å²) in [5.41, 5.74) is 7.04. The van der Waals surface area contributed by atoms with Crippen LogP contribution in [0.15, 0.2) is 22.7 Å². The molecule has 0 saturated heterocycles. The van der Waals surface area contributed by atoms with E-state index in [0.717, 1.165) is 30.4 Å². The highest BCUT2D eigenvalue weighted by Crippen LogP contribution is 2.21. The molecule has 0 aliphatic heterocycles. The van der Waals surface area contributed by atoms with Gasteiger partial charge in [0.2, 0.25) is 0 Å². The van der Waals surface area contributed by atoms with E-state index in [1.165, 1.54) is 0 Å². The lowest BCUT2D eigenvalue weighted by Gasteiger charge is -2.20. The molecule has 0 bridgehead atoms. The number of carbonyl (C=O) groups excluding carboxylic acids is 1. The van der Waals surface area contributed by atoms with Crippen molar-refractivity contribution < 1.29 is 4.79 Å². The zero-order valence-corrected chi connectivity index (χ0v) is 12.0. The molecule has 1 aromatic rings. The van der Waals surface area contributed by atoms with Crippen molar-refractivity contribution in [3.8, 4) is 0 Å². The predicted molar refractivity (Wildman–Crippen MR) is 75.0 cm³/mol. The first kappa shape index (κ1) is 14.0. The zero-order valence-electron chi connectivity index (χ0n) is 10.4. The monoisotopic (exact) mass is 298 g/mol. The van der Waals surface area contributed by atoms with E-state index in [1.54, 1.807) is 18.2 Å². The Hall–Kier alpha value is -1.03. The number of benzene rings is 1. The molecule has 0 fully saturated rings. The Balaban J connectivity index is 2.82. The Morgan fingerprint density at radius 3 is 2.65 bits per heavy atom. The van der Waals surface area contributed by atoms with Gasteiger partial charge in [0, 0.05) is 28.8 Å². The zero-order chi connectivity index (χ0) is 12.8. The Bertz CT molecular complexity index is 393. The number of rotatable bonds is 5. The molecular weight excluding hydrogens is 280 g/mol. The lowest BCUT2D eigenvalue weighted by Crippen LogP contribution is -2.31. The van der Waals surface area contributed by atoms with Crippen molar-refractivity contribution in [1.82, 2.24) is 4.90 Å². The third-order valence-electron chi connectivity index (χ3n) is 2.70. The van der Waals surface area contributed by atoms with Gasteiger partial charge >= 0.3 is 0 Å². The number of hydrogen-bond acceptors (Lipinski definition) is 2. The highest BCUT2D eigenvalue weighted by molar-refractivity contribution is 9.10. The molecule has 0 spiro atoms. The van der Waals surface area contributed by atoms with Gasteiger partial charge in [-0.1, -0.05) is 13.3 Å². The second-order valence-corrected chi connectivity index (χ2v) is 4.83. The molecule has 1 rings (SSSR count). The minimum absolute atomic E-state index is 0.0710. The van der Waals surface area contributed by atoms with Crippen LogP contribution in [0.5, 0.6) is 0 Å². The topological polar surface area (TPSA) is 46.3 Å². The number of nitrogens with zero attached hydrogens (tertiary/aromatic N) is 1. The molecule has 4 heteroatoms. The number of halogens is 1. The van der Waals surface area contributed by atoms with Gasteiger partial charge in [-0.25, -0.2) is 0 Å². The summed E-state index contributed by atoms with van der Waals surface area (Å²) in [5.74, 6) is 0.0710. The van der Waals surface area contributed by atoms with Crippen LogP contribution in [-0.4, -0.2) is 23.9 Å². The summed E-state index contributed by atoms with van der Waals surface area (Å²) in [6.07, 6.45) is 2.13. The van der Waals surface area contributed by atoms with Crippen molar-refractivity contribution in [3.05, 3.63) is 28.2 Å². The van der Waals surface area contributed by atoms with Crippen LogP contribution in [-0.2, 0) is 0 Å². The molecule has 3 nitrogen and oxygen atoms in total. The smallest absolute Gasteiger partial charge is 0.253 e. The maximum atomic E-state index is 12.2. The molecule has 0 heterocycles. The largest absolute Gasteiger partial charge is 0.398 e. The van der Waals surface area contributed by atoms with Gasteiger partial charge in [0.1, 0.15) is 0 Å². The fraction of sp³-hybridized carbons (Fsp3) is 0.462. The van der Waals surface area contributed by atoms with Crippen molar-refractivity contribution in [1.29, 1.82) is 0 Å². The summed E-state index contributed by atoms with van der Waals surface area (Å²) >= 11 is 3.34. The first-order valence-corrected chi connectivity index (χ1v) is 6.73. The van der Waals surface area contributed by atoms with E-state index < -0.39 is 0 Å². The normalized spacial score (nSPS) is 10.3. The van der Waals surface area contributed by atoms with Gasteiger partial charge in [0.25, 0.3) is 5.91 Å². The Morgan fingerprint density at radius 1 is 1.41 bits per heavy atom. The summed E-state index contributed by atoms with van der Waals surface area (Å²) in [6.45, 7) is 5.67. The summed E-state index contributed by atoms with van der Waals surface area (Å²) in [4.78, 5) is 14.1. The highest BCUT2D eigenvalue weighted by Gasteiger charge is 2.14. The number of nitrogen functional groups attached to an aromatic ring is 1. The molecular formula is C13H19BrN2O. The number of nitrogens with two attached hydrogens (primary N) is 1. The van der Waals surface area contributed by atoms with E-state index in [-0.39, 0.29) is 5.91 Å². The first-order chi connectivity index (χ1) is 8.10. The predicted octanol–water partition coefficient (Wildman–Crippen LogP) is 3.29. The number of carbonyl (C=O) groups is 1. The number of unbranched alkanes of at least 4 members (excludes halogenated alkanes) is 1. The average molecular weight is 299 g/mol. The number of anilines is 1. The Kier molecular flexibility index (Phi) is 5.48. The second-order valence-electron chi connectivity index (χ2n) is 3.97. The van der Waals surface area contributed by atoms with Gasteiger partial charge in [0.15, 0.2) is 0 Å². The minimum Gasteiger partial charge on any atom is -0.398 e. The fourth-order valence-electron chi connectivity index (χ4n) is 1.59. The molecule has 1 amide bonds. The van der Waals surface area contributed by atoms with Gasteiger partial charge in [-0.05, 0) is 47.5 Å². The van der Waals surface area contributed by atoms with E-state index in [4.69, 9.17) is 5.73 Å². The van der Waals surface area contributed by atoms with E-state index in [1.807, 2.05) is 11.8 Å². The Morgan fingerprint density at radius 2 is 2.12 bits per heavy atom. The van der Waals surface area contributed by atoms with Crippen molar-refractivity contribution in [2.24, 2.45) is 0 Å². The molecule has 0 unspecified atom stereocenters. The van der Waals surface area contributed by atoms with Crippen LogP contribution in [0.4, 0.5) is 5.69 Å². The first-order valence-electron chi connectivity index (χ1n) is 5.94. The van der Waals surface area contributed by atoms with Crippen LogP contribution in [0.1, 0.15) is 37.0 Å². The maximum absolute atomic E-state index is 12.2. The van der Waals surface area contributed by atoms with E-state index >= 15 is 0 Å². The third-order valence-corrected chi connectivity index (χ3v) is 3.38.